The van der Waals surface area contributed by atoms with Crippen LogP contribution in [0.4, 0.5) is 0 Å². The van der Waals surface area contributed by atoms with Crippen LogP contribution in [0.2, 0.25) is 5.21 Å². The minimum atomic E-state index is -2.13. The van der Waals surface area contributed by atoms with Crippen LogP contribution in [0.25, 0.3) is 0 Å². The first-order chi connectivity index (χ1) is 9.00. The van der Waals surface area contributed by atoms with E-state index in [0.717, 1.165) is 6.92 Å². The standard InChI is InChI=1S/C10H12B4O6/c1-3-18-7(16)4-19-8(17)9(11,12)5-10(13,14)20-6(2)15/h3-5H2,1-2H3. The van der Waals surface area contributed by atoms with Crippen LogP contribution in [0.3, 0.4) is 0 Å². The molecule has 0 saturated heterocycles. The van der Waals surface area contributed by atoms with E-state index in [4.69, 9.17) is 31.4 Å². The highest BCUT2D eigenvalue weighted by atomic mass is 16.6. The molecule has 0 aliphatic heterocycles. The van der Waals surface area contributed by atoms with Crippen LogP contribution in [-0.4, -0.2) is 67.9 Å². The van der Waals surface area contributed by atoms with Gasteiger partial charge in [-0.3, -0.25) is 9.59 Å². The lowest BCUT2D eigenvalue weighted by atomic mass is 9.45. The molecule has 0 aliphatic rings. The summed E-state index contributed by atoms with van der Waals surface area (Å²) in [7, 11) is 21.8. The zero-order valence-electron chi connectivity index (χ0n) is 11.4. The third kappa shape index (κ3) is 7.31. The summed E-state index contributed by atoms with van der Waals surface area (Å²) in [5, 5.41) is -4.18. The summed E-state index contributed by atoms with van der Waals surface area (Å²) in [6.45, 7) is 2.14. The van der Waals surface area contributed by atoms with E-state index >= 15 is 0 Å². The van der Waals surface area contributed by atoms with Crippen LogP contribution in [0.1, 0.15) is 20.3 Å². The molecule has 6 nitrogen and oxygen atoms in total. The van der Waals surface area contributed by atoms with E-state index in [1.54, 1.807) is 6.92 Å². The van der Waals surface area contributed by atoms with Gasteiger partial charge in [-0.2, -0.15) is 0 Å². The summed E-state index contributed by atoms with van der Waals surface area (Å²) in [5.74, 6) is -2.67. The van der Waals surface area contributed by atoms with Crippen LogP contribution in [0.5, 0.6) is 0 Å². The predicted octanol–water partition coefficient (Wildman–Crippen LogP) is -1.51. The Balaban J connectivity index is 4.51. The fourth-order valence-corrected chi connectivity index (χ4v) is 1.29. The van der Waals surface area contributed by atoms with Gasteiger partial charge in [0.15, 0.2) is 6.61 Å². The SMILES string of the molecule is [B]C([B])(CC([B])([B])C(=O)OCC(=O)OCC)OC(C)=O. The number of carbonyl (C=O) groups is 3. The molecule has 20 heavy (non-hydrogen) atoms. The van der Waals surface area contributed by atoms with Crippen molar-refractivity contribution < 1.29 is 28.6 Å². The van der Waals surface area contributed by atoms with Gasteiger partial charge in [-0.05, 0) is 18.6 Å². The minimum absolute atomic E-state index is 0.133. The summed E-state index contributed by atoms with van der Waals surface area (Å²) >= 11 is 0. The Bertz CT molecular complexity index is 382. The molecule has 0 rings (SSSR count). The van der Waals surface area contributed by atoms with Crippen LogP contribution in [-0.2, 0) is 28.6 Å². The molecule has 0 aromatic heterocycles. The third-order valence-corrected chi connectivity index (χ3v) is 1.91. The average Bonchev–Trinajstić information content (AvgIpc) is 2.22. The summed E-state index contributed by atoms with van der Waals surface area (Å²) in [6, 6.07) is 0. The second-order valence-electron chi connectivity index (χ2n) is 4.15. The van der Waals surface area contributed by atoms with Crippen molar-refractivity contribution in [2.75, 3.05) is 13.2 Å². The molecule has 0 aromatic carbocycles. The molecule has 8 radical (unpaired) electrons. The third-order valence-electron chi connectivity index (χ3n) is 1.91. The van der Waals surface area contributed by atoms with Crippen molar-refractivity contribution >= 4 is 49.3 Å². The van der Waals surface area contributed by atoms with Crippen molar-refractivity contribution in [1.82, 2.24) is 0 Å². The van der Waals surface area contributed by atoms with E-state index in [9.17, 15) is 14.4 Å². The molecule has 100 valence electrons. The Morgan fingerprint density at radius 3 is 2.05 bits per heavy atom. The molecule has 10 heteroatoms. The molecule has 0 unspecified atom stereocenters. The molecule has 0 heterocycles. The molecule has 0 atom stereocenters. The van der Waals surface area contributed by atoms with E-state index in [2.05, 4.69) is 14.2 Å². The summed E-state index contributed by atoms with van der Waals surface area (Å²) in [6.07, 6.45) is -0.610. The van der Waals surface area contributed by atoms with E-state index in [-0.39, 0.29) is 6.61 Å². The lowest BCUT2D eigenvalue weighted by Gasteiger charge is -2.34. The van der Waals surface area contributed by atoms with E-state index in [0.29, 0.717) is 0 Å². The van der Waals surface area contributed by atoms with Crippen molar-refractivity contribution in [3.05, 3.63) is 0 Å². The molecule has 0 spiro atoms. The highest BCUT2D eigenvalue weighted by Crippen LogP contribution is 2.29. The van der Waals surface area contributed by atoms with Gasteiger partial charge >= 0.3 is 11.9 Å². The first kappa shape index (κ1) is 18.7. The number of esters is 3. The summed E-state index contributed by atoms with van der Waals surface area (Å²) < 4.78 is 13.6. The molecule has 0 aliphatic carbocycles. The fourth-order valence-electron chi connectivity index (χ4n) is 1.29. The van der Waals surface area contributed by atoms with Gasteiger partial charge in [0, 0.05) is 12.3 Å². The quantitative estimate of drug-likeness (QED) is 0.318. The number of hydrogen-bond donors (Lipinski definition) is 0. The first-order valence-electron chi connectivity index (χ1n) is 5.68. The Morgan fingerprint density at radius 1 is 1.05 bits per heavy atom. The van der Waals surface area contributed by atoms with Crippen molar-refractivity contribution in [3.63, 3.8) is 0 Å². The number of ether oxygens (including phenoxy) is 3. The van der Waals surface area contributed by atoms with Gasteiger partial charge in [0.2, 0.25) is 0 Å². The largest absolute Gasteiger partial charge is 0.480 e. The number of rotatable bonds is 7. The molecular formula is C10H12B4O6. The Morgan fingerprint density at radius 2 is 1.60 bits per heavy atom. The van der Waals surface area contributed by atoms with Gasteiger partial charge in [-0.15, -0.1) is 0 Å². The minimum Gasteiger partial charge on any atom is -0.480 e. The van der Waals surface area contributed by atoms with Crippen LogP contribution in [0, 0.1) is 0 Å². The Hall–Kier alpha value is -1.33. The Labute approximate surface area is 122 Å². The summed E-state index contributed by atoms with van der Waals surface area (Å²) in [4.78, 5) is 33.4. The molecule has 0 N–H and O–H groups in total. The number of carbonyl (C=O) groups excluding carboxylic acids is 3. The van der Waals surface area contributed by atoms with Gasteiger partial charge in [-0.1, -0.05) is 0 Å². The highest BCUT2D eigenvalue weighted by Gasteiger charge is 2.36. The van der Waals surface area contributed by atoms with Gasteiger partial charge in [0.25, 0.3) is 5.97 Å². The molecule has 0 bridgehead atoms. The van der Waals surface area contributed by atoms with Crippen LogP contribution in [0.15, 0.2) is 0 Å². The molecule has 0 aromatic rings. The van der Waals surface area contributed by atoms with Gasteiger partial charge in [0.1, 0.15) is 15.7 Å². The topological polar surface area (TPSA) is 78.9 Å². The Kier molecular flexibility index (Phi) is 6.96. The predicted molar refractivity (Wildman–Crippen MR) is 72.4 cm³/mol. The van der Waals surface area contributed by atoms with Gasteiger partial charge in [-0.25, -0.2) is 4.79 Å². The first-order valence-corrected chi connectivity index (χ1v) is 5.68. The maximum absolute atomic E-state index is 11.6. The van der Waals surface area contributed by atoms with Gasteiger partial charge in [0.05, 0.1) is 22.3 Å². The molecule has 0 saturated carbocycles. The van der Waals surface area contributed by atoms with Crippen LogP contribution >= 0.6 is 0 Å². The van der Waals surface area contributed by atoms with Crippen molar-refractivity contribution in [3.8, 4) is 0 Å². The monoisotopic (exact) mass is 272 g/mol. The molecule has 0 amide bonds. The summed E-state index contributed by atoms with van der Waals surface area (Å²) in [5.41, 5.74) is 0. The molecular weight excluding hydrogens is 259 g/mol. The maximum atomic E-state index is 11.6. The second-order valence-corrected chi connectivity index (χ2v) is 4.15. The van der Waals surface area contributed by atoms with E-state index in [1.807, 2.05) is 0 Å². The fraction of sp³-hybridized carbons (Fsp3) is 0.700. The zero-order chi connectivity index (χ0) is 16.0. The van der Waals surface area contributed by atoms with E-state index < -0.39 is 41.5 Å². The van der Waals surface area contributed by atoms with Crippen LogP contribution < -0.4 is 0 Å². The zero-order valence-corrected chi connectivity index (χ0v) is 11.4. The lowest BCUT2D eigenvalue weighted by molar-refractivity contribution is -0.159. The lowest BCUT2D eigenvalue weighted by Crippen LogP contribution is -2.43. The highest BCUT2D eigenvalue weighted by molar-refractivity contribution is 6.51. The normalized spacial score (nSPS) is 11.5. The smallest absolute Gasteiger partial charge is 0.344 e. The van der Waals surface area contributed by atoms with E-state index in [1.165, 1.54) is 0 Å². The molecule has 0 fully saturated rings. The van der Waals surface area contributed by atoms with Gasteiger partial charge < -0.3 is 14.2 Å². The van der Waals surface area contributed by atoms with Crippen molar-refractivity contribution in [2.24, 2.45) is 0 Å². The second kappa shape index (κ2) is 7.45. The van der Waals surface area contributed by atoms with Crippen molar-refractivity contribution in [2.45, 2.75) is 30.9 Å². The maximum Gasteiger partial charge on any atom is 0.344 e. The van der Waals surface area contributed by atoms with Crippen molar-refractivity contribution in [1.29, 1.82) is 0 Å². The number of hydrogen-bond acceptors (Lipinski definition) is 6. The average molecular weight is 271 g/mol.